The molecule has 1 aromatic carbocycles. The van der Waals surface area contributed by atoms with E-state index in [-0.39, 0.29) is 5.16 Å². The molecule has 21 heavy (non-hydrogen) atoms. The molecule has 0 amide bonds. The maximum atomic E-state index is 11.6. The molecule has 3 rings (SSSR count). The number of sulfone groups is 1. The topological polar surface area (TPSA) is 87.0 Å². The van der Waals surface area contributed by atoms with Gasteiger partial charge in [0.05, 0.1) is 24.4 Å². The molecule has 0 unspecified atom stereocenters. The highest BCUT2D eigenvalue weighted by molar-refractivity contribution is 7.90. The quantitative estimate of drug-likeness (QED) is 0.676. The number of methoxy groups -OCH3 is 1. The van der Waals surface area contributed by atoms with Crippen molar-refractivity contribution in [3.05, 3.63) is 36.7 Å². The molecule has 7 nitrogen and oxygen atoms in total. The van der Waals surface area contributed by atoms with Gasteiger partial charge in [0.1, 0.15) is 5.75 Å². The number of hydrogen-bond acceptors (Lipinski definition) is 6. The van der Waals surface area contributed by atoms with Crippen LogP contribution in [0.15, 0.2) is 41.8 Å². The molecule has 0 saturated heterocycles. The van der Waals surface area contributed by atoms with E-state index in [1.165, 1.54) is 6.20 Å². The molecule has 0 radical (unpaired) electrons. The predicted molar refractivity (Wildman–Crippen MR) is 76.3 cm³/mol. The van der Waals surface area contributed by atoms with Crippen molar-refractivity contribution >= 4 is 20.9 Å². The summed E-state index contributed by atoms with van der Waals surface area (Å²) in [5.74, 6) is 0.675. The van der Waals surface area contributed by atoms with Crippen molar-refractivity contribution < 1.29 is 13.2 Å². The molecule has 0 aliphatic heterocycles. The highest BCUT2D eigenvalue weighted by Gasteiger charge is 2.15. The fourth-order valence-corrected chi connectivity index (χ4v) is 2.41. The Balaban J connectivity index is 2.23. The van der Waals surface area contributed by atoms with Gasteiger partial charge in [-0.1, -0.05) is 6.07 Å². The molecule has 0 bridgehead atoms. The third-order valence-electron chi connectivity index (χ3n) is 2.92. The lowest BCUT2D eigenvalue weighted by molar-refractivity contribution is 0.414. The monoisotopic (exact) mass is 304 g/mol. The Bertz CT molecular complexity index is 918. The summed E-state index contributed by atoms with van der Waals surface area (Å²) in [7, 11) is -1.90. The van der Waals surface area contributed by atoms with E-state index in [9.17, 15) is 8.42 Å². The van der Waals surface area contributed by atoms with Gasteiger partial charge in [0.2, 0.25) is 15.0 Å². The van der Waals surface area contributed by atoms with E-state index >= 15 is 0 Å². The Hall–Kier alpha value is -2.48. The Labute approximate surface area is 121 Å². The molecule has 0 fully saturated rings. The maximum absolute atomic E-state index is 11.6. The lowest BCUT2D eigenvalue weighted by atomic mass is 10.3. The van der Waals surface area contributed by atoms with E-state index in [0.717, 1.165) is 11.9 Å². The Kier molecular flexibility index (Phi) is 3.09. The summed E-state index contributed by atoms with van der Waals surface area (Å²) >= 11 is 0. The van der Waals surface area contributed by atoms with Crippen LogP contribution in [-0.4, -0.2) is 41.5 Å². The number of benzene rings is 1. The average molecular weight is 304 g/mol. The van der Waals surface area contributed by atoms with Crippen molar-refractivity contribution in [2.24, 2.45) is 0 Å². The normalized spacial score (nSPS) is 11.7. The van der Waals surface area contributed by atoms with Crippen LogP contribution in [-0.2, 0) is 9.84 Å². The van der Waals surface area contributed by atoms with Gasteiger partial charge in [-0.2, -0.15) is 10.1 Å². The molecule has 2 aromatic heterocycles. The van der Waals surface area contributed by atoms with Gasteiger partial charge in [-0.3, -0.25) is 0 Å². The Morgan fingerprint density at radius 2 is 2.05 bits per heavy atom. The van der Waals surface area contributed by atoms with Gasteiger partial charge in [-0.05, 0) is 12.1 Å². The summed E-state index contributed by atoms with van der Waals surface area (Å²) in [6.07, 6.45) is 4.10. The second-order valence-corrected chi connectivity index (χ2v) is 6.37. The van der Waals surface area contributed by atoms with E-state index in [0.29, 0.717) is 16.8 Å². The number of fused-ring (bicyclic) bond motifs is 1. The largest absolute Gasteiger partial charge is 0.497 e. The maximum Gasteiger partial charge on any atom is 0.248 e. The number of hydrogen-bond donors (Lipinski definition) is 0. The number of nitrogens with zero attached hydrogens (tertiary/aromatic N) is 4. The van der Waals surface area contributed by atoms with Crippen LogP contribution < -0.4 is 4.74 Å². The minimum atomic E-state index is -3.47. The van der Waals surface area contributed by atoms with E-state index in [2.05, 4.69) is 15.1 Å². The Morgan fingerprint density at radius 3 is 2.76 bits per heavy atom. The van der Waals surface area contributed by atoms with Gasteiger partial charge in [0.15, 0.2) is 5.65 Å². The fourth-order valence-electron chi connectivity index (χ4n) is 1.91. The first-order valence-electron chi connectivity index (χ1n) is 6.04. The zero-order valence-corrected chi connectivity index (χ0v) is 12.2. The van der Waals surface area contributed by atoms with Crippen molar-refractivity contribution in [3.63, 3.8) is 0 Å². The zero-order valence-electron chi connectivity index (χ0n) is 11.4. The molecule has 0 saturated carbocycles. The van der Waals surface area contributed by atoms with Crippen LogP contribution in [0.1, 0.15) is 0 Å². The van der Waals surface area contributed by atoms with Crippen molar-refractivity contribution in [2.45, 2.75) is 5.16 Å². The first-order valence-corrected chi connectivity index (χ1v) is 7.93. The fraction of sp³-hybridized carbons (Fsp3) is 0.154. The molecular formula is C13H12N4O3S. The van der Waals surface area contributed by atoms with Gasteiger partial charge in [0, 0.05) is 18.5 Å². The van der Waals surface area contributed by atoms with Crippen LogP contribution in [0.2, 0.25) is 0 Å². The van der Waals surface area contributed by atoms with Crippen LogP contribution in [0.3, 0.4) is 0 Å². The summed E-state index contributed by atoms with van der Waals surface area (Å²) in [5.41, 5.74) is 1.15. The van der Waals surface area contributed by atoms with Crippen molar-refractivity contribution in [2.75, 3.05) is 13.4 Å². The zero-order chi connectivity index (χ0) is 15.0. The minimum Gasteiger partial charge on any atom is -0.497 e. The highest BCUT2D eigenvalue weighted by atomic mass is 32.2. The molecule has 0 aliphatic rings. The van der Waals surface area contributed by atoms with Gasteiger partial charge in [-0.25, -0.2) is 18.1 Å². The van der Waals surface area contributed by atoms with Gasteiger partial charge in [0.25, 0.3) is 0 Å². The smallest absolute Gasteiger partial charge is 0.248 e. The second kappa shape index (κ2) is 4.81. The van der Waals surface area contributed by atoms with Crippen LogP contribution in [0.5, 0.6) is 5.75 Å². The Morgan fingerprint density at radius 1 is 1.24 bits per heavy atom. The summed E-state index contributed by atoms with van der Waals surface area (Å²) < 4.78 is 29.9. The summed E-state index contributed by atoms with van der Waals surface area (Å²) in [5, 5.41) is 4.66. The van der Waals surface area contributed by atoms with E-state index in [1.807, 2.05) is 18.2 Å². The summed E-state index contributed by atoms with van der Waals surface area (Å²) in [6, 6.07) is 7.25. The van der Waals surface area contributed by atoms with E-state index in [4.69, 9.17) is 4.74 Å². The molecule has 0 atom stereocenters. The molecule has 0 aliphatic carbocycles. The molecule has 3 aromatic rings. The molecule has 8 heteroatoms. The van der Waals surface area contributed by atoms with Crippen molar-refractivity contribution in [1.82, 2.24) is 19.7 Å². The molecule has 0 spiro atoms. The van der Waals surface area contributed by atoms with Crippen molar-refractivity contribution in [3.8, 4) is 11.4 Å². The highest BCUT2D eigenvalue weighted by Crippen LogP contribution is 2.20. The van der Waals surface area contributed by atoms with Crippen molar-refractivity contribution in [1.29, 1.82) is 0 Å². The minimum absolute atomic E-state index is 0.223. The van der Waals surface area contributed by atoms with E-state index in [1.54, 1.807) is 24.1 Å². The van der Waals surface area contributed by atoms with Crippen LogP contribution in [0, 0.1) is 0 Å². The SMILES string of the molecule is COc1cccc(-n2ncc3cnc(S(C)(=O)=O)nc32)c1. The number of ether oxygens (including phenoxy) is 1. The summed E-state index contributed by atoms with van der Waals surface area (Å²) in [4.78, 5) is 7.94. The van der Waals surface area contributed by atoms with Gasteiger partial charge >= 0.3 is 0 Å². The predicted octanol–water partition coefficient (Wildman–Crippen LogP) is 1.23. The molecule has 108 valence electrons. The molecular weight excluding hydrogens is 292 g/mol. The molecule has 2 heterocycles. The van der Waals surface area contributed by atoms with E-state index < -0.39 is 9.84 Å². The first kappa shape index (κ1) is 13.5. The first-order chi connectivity index (χ1) is 9.99. The molecule has 0 N–H and O–H groups in total. The second-order valence-electron chi connectivity index (χ2n) is 4.46. The lowest BCUT2D eigenvalue weighted by Gasteiger charge is -2.05. The average Bonchev–Trinajstić information content (AvgIpc) is 2.89. The van der Waals surface area contributed by atoms with Gasteiger partial charge in [-0.15, -0.1) is 0 Å². The standard InChI is InChI=1S/C13H12N4O3S/c1-20-11-5-3-4-10(6-11)17-12-9(8-15-17)7-14-13(16-12)21(2,18)19/h3-8H,1-2H3. The third kappa shape index (κ3) is 2.45. The number of aromatic nitrogens is 4. The van der Waals surface area contributed by atoms with Crippen LogP contribution >= 0.6 is 0 Å². The third-order valence-corrected chi connectivity index (χ3v) is 3.78. The van der Waals surface area contributed by atoms with Crippen LogP contribution in [0.25, 0.3) is 16.7 Å². The van der Waals surface area contributed by atoms with Crippen LogP contribution in [0.4, 0.5) is 0 Å². The summed E-state index contributed by atoms with van der Waals surface area (Å²) in [6.45, 7) is 0. The number of rotatable bonds is 3. The lowest BCUT2D eigenvalue weighted by Crippen LogP contribution is -2.05. The van der Waals surface area contributed by atoms with Gasteiger partial charge < -0.3 is 4.74 Å².